The summed E-state index contributed by atoms with van der Waals surface area (Å²) in [6.07, 6.45) is 4.68. The monoisotopic (exact) mass is 246 g/mol. The zero-order chi connectivity index (χ0) is 10.4. The molecule has 2 bridgehead atoms. The lowest BCUT2D eigenvalue weighted by Crippen LogP contribution is -2.39. The van der Waals surface area contributed by atoms with E-state index in [2.05, 4.69) is 0 Å². The van der Waals surface area contributed by atoms with Gasteiger partial charge in [0.2, 0.25) is 5.91 Å². The first-order valence-corrected chi connectivity index (χ1v) is 5.94. The van der Waals surface area contributed by atoms with Crippen LogP contribution in [-0.2, 0) is 9.53 Å². The number of hydrogen-bond donors (Lipinski definition) is 1. The highest BCUT2D eigenvalue weighted by molar-refractivity contribution is 5.85. The van der Waals surface area contributed by atoms with Gasteiger partial charge in [-0.1, -0.05) is 0 Å². The van der Waals surface area contributed by atoms with Gasteiger partial charge in [0.1, 0.15) is 0 Å². The van der Waals surface area contributed by atoms with Gasteiger partial charge < -0.3 is 15.4 Å². The number of likely N-dealkylation sites (tertiary alicyclic amines) is 1. The van der Waals surface area contributed by atoms with E-state index < -0.39 is 0 Å². The molecule has 3 aliphatic heterocycles. The third-order valence-electron chi connectivity index (χ3n) is 3.96. The molecule has 0 saturated carbocycles. The lowest BCUT2D eigenvalue weighted by Gasteiger charge is -2.24. The standard InChI is InChI=1S/C11H18N2O2.ClH/c12-7-3-4-13(6-7)11(14)9-5-8-1-2-10(9)15-8;/h7-10H,1-6,12H2;1H/t7-,8?,9?,10?;/m0./s1. The number of amides is 1. The Balaban J connectivity index is 0.000000963. The fourth-order valence-corrected chi connectivity index (χ4v) is 3.12. The fraction of sp³-hybridized carbons (Fsp3) is 0.909. The third-order valence-corrected chi connectivity index (χ3v) is 3.96. The van der Waals surface area contributed by atoms with Crippen LogP contribution in [0, 0.1) is 5.92 Å². The van der Waals surface area contributed by atoms with Crippen LogP contribution < -0.4 is 5.73 Å². The summed E-state index contributed by atoms with van der Waals surface area (Å²) in [4.78, 5) is 14.1. The maximum atomic E-state index is 12.2. The predicted molar refractivity (Wildman–Crippen MR) is 62.4 cm³/mol. The molecule has 0 aliphatic carbocycles. The molecule has 3 heterocycles. The van der Waals surface area contributed by atoms with Crippen molar-refractivity contribution < 1.29 is 9.53 Å². The van der Waals surface area contributed by atoms with Gasteiger partial charge in [-0.25, -0.2) is 0 Å². The molecule has 0 aromatic rings. The van der Waals surface area contributed by atoms with E-state index in [0.717, 1.165) is 38.8 Å². The zero-order valence-electron chi connectivity index (χ0n) is 9.30. The first-order valence-electron chi connectivity index (χ1n) is 5.94. The van der Waals surface area contributed by atoms with Crippen LogP contribution in [0.2, 0.25) is 0 Å². The van der Waals surface area contributed by atoms with Crippen molar-refractivity contribution in [3.05, 3.63) is 0 Å². The number of carbonyl (C=O) groups is 1. The smallest absolute Gasteiger partial charge is 0.228 e. The van der Waals surface area contributed by atoms with Gasteiger partial charge in [-0.2, -0.15) is 0 Å². The summed E-state index contributed by atoms with van der Waals surface area (Å²) in [6.45, 7) is 1.58. The van der Waals surface area contributed by atoms with Crippen molar-refractivity contribution in [1.29, 1.82) is 0 Å². The number of nitrogens with zero attached hydrogens (tertiary/aromatic N) is 1. The van der Waals surface area contributed by atoms with Crippen LogP contribution in [-0.4, -0.2) is 42.1 Å². The van der Waals surface area contributed by atoms with E-state index in [4.69, 9.17) is 10.5 Å². The van der Waals surface area contributed by atoms with E-state index >= 15 is 0 Å². The molecule has 3 fully saturated rings. The lowest BCUT2D eigenvalue weighted by molar-refractivity contribution is -0.136. The Kier molecular flexibility index (Phi) is 3.42. The Morgan fingerprint density at radius 1 is 1.31 bits per heavy atom. The number of ether oxygens (including phenoxy) is 1. The Hall–Kier alpha value is -0.320. The Morgan fingerprint density at radius 2 is 2.12 bits per heavy atom. The summed E-state index contributed by atoms with van der Waals surface area (Å²) >= 11 is 0. The van der Waals surface area contributed by atoms with Crippen molar-refractivity contribution in [2.45, 2.75) is 43.9 Å². The van der Waals surface area contributed by atoms with Crippen LogP contribution >= 0.6 is 12.4 Å². The number of halogens is 1. The maximum Gasteiger partial charge on any atom is 0.228 e. The summed E-state index contributed by atoms with van der Waals surface area (Å²) in [6, 6.07) is 0.188. The summed E-state index contributed by atoms with van der Waals surface area (Å²) in [5.74, 6) is 0.421. The van der Waals surface area contributed by atoms with E-state index in [1.807, 2.05) is 4.90 Å². The second kappa shape index (κ2) is 4.51. The van der Waals surface area contributed by atoms with Crippen LogP contribution in [0.1, 0.15) is 25.7 Å². The van der Waals surface area contributed by atoms with E-state index in [0.29, 0.717) is 6.10 Å². The summed E-state index contributed by atoms with van der Waals surface area (Å²) in [5, 5.41) is 0. The Morgan fingerprint density at radius 3 is 2.62 bits per heavy atom. The summed E-state index contributed by atoms with van der Waals surface area (Å²) < 4.78 is 5.71. The quantitative estimate of drug-likeness (QED) is 0.735. The third kappa shape index (κ3) is 1.94. The van der Waals surface area contributed by atoms with Crippen LogP contribution in [0.25, 0.3) is 0 Å². The van der Waals surface area contributed by atoms with Crippen LogP contribution in [0.3, 0.4) is 0 Å². The van der Waals surface area contributed by atoms with Crippen molar-refractivity contribution in [3.63, 3.8) is 0 Å². The molecule has 1 amide bonds. The Labute approximate surface area is 102 Å². The van der Waals surface area contributed by atoms with Crippen molar-refractivity contribution in [1.82, 2.24) is 4.90 Å². The van der Waals surface area contributed by atoms with Gasteiger partial charge in [-0.15, -0.1) is 12.4 Å². The highest BCUT2D eigenvalue weighted by Crippen LogP contribution is 2.39. The number of carbonyl (C=O) groups excluding carboxylic acids is 1. The van der Waals surface area contributed by atoms with Crippen molar-refractivity contribution in [3.8, 4) is 0 Å². The predicted octanol–water partition coefficient (Wildman–Crippen LogP) is 0.535. The molecule has 92 valence electrons. The molecule has 3 unspecified atom stereocenters. The second-order valence-corrected chi connectivity index (χ2v) is 5.05. The molecule has 4 atom stereocenters. The molecule has 16 heavy (non-hydrogen) atoms. The largest absolute Gasteiger partial charge is 0.374 e. The molecule has 0 aromatic heterocycles. The van der Waals surface area contributed by atoms with Gasteiger partial charge in [0, 0.05) is 19.1 Å². The van der Waals surface area contributed by atoms with Gasteiger partial charge in [0.25, 0.3) is 0 Å². The van der Waals surface area contributed by atoms with Gasteiger partial charge in [0.15, 0.2) is 0 Å². The minimum Gasteiger partial charge on any atom is -0.374 e. The highest BCUT2D eigenvalue weighted by atomic mass is 35.5. The summed E-state index contributed by atoms with van der Waals surface area (Å²) in [7, 11) is 0. The topological polar surface area (TPSA) is 55.6 Å². The average molecular weight is 247 g/mol. The van der Waals surface area contributed by atoms with Crippen molar-refractivity contribution in [2.24, 2.45) is 11.7 Å². The molecule has 0 radical (unpaired) electrons. The van der Waals surface area contributed by atoms with E-state index in [1.54, 1.807) is 0 Å². The van der Waals surface area contributed by atoms with E-state index in [-0.39, 0.29) is 36.4 Å². The molecule has 5 heteroatoms. The molecule has 3 rings (SSSR count). The van der Waals surface area contributed by atoms with E-state index in [9.17, 15) is 4.79 Å². The van der Waals surface area contributed by atoms with Crippen LogP contribution in [0.5, 0.6) is 0 Å². The normalized spacial score (nSPS) is 41.2. The van der Waals surface area contributed by atoms with Crippen LogP contribution in [0.15, 0.2) is 0 Å². The lowest BCUT2D eigenvalue weighted by atomic mass is 9.88. The zero-order valence-corrected chi connectivity index (χ0v) is 10.1. The van der Waals surface area contributed by atoms with Gasteiger partial charge in [-0.05, 0) is 25.7 Å². The number of nitrogens with two attached hydrogens (primary N) is 1. The van der Waals surface area contributed by atoms with Crippen molar-refractivity contribution >= 4 is 18.3 Å². The molecular formula is C11H19ClN2O2. The molecule has 0 aromatic carbocycles. The minimum atomic E-state index is 0. The Bertz CT molecular complexity index is 287. The first kappa shape index (κ1) is 12.1. The molecule has 0 spiro atoms. The maximum absolute atomic E-state index is 12.2. The fourth-order valence-electron chi connectivity index (χ4n) is 3.12. The van der Waals surface area contributed by atoms with E-state index in [1.165, 1.54) is 0 Å². The minimum absolute atomic E-state index is 0. The SMILES string of the molecule is Cl.N[C@H]1CCN(C(=O)C2CC3CCC2O3)C1. The van der Waals surface area contributed by atoms with Gasteiger partial charge >= 0.3 is 0 Å². The molecule has 3 saturated heterocycles. The molecule has 4 nitrogen and oxygen atoms in total. The molecule has 3 aliphatic rings. The number of fused-ring (bicyclic) bond motifs is 2. The van der Waals surface area contributed by atoms with Crippen molar-refractivity contribution in [2.75, 3.05) is 13.1 Å². The molecular weight excluding hydrogens is 228 g/mol. The van der Waals surface area contributed by atoms with Gasteiger partial charge in [-0.3, -0.25) is 4.79 Å². The number of rotatable bonds is 1. The second-order valence-electron chi connectivity index (χ2n) is 5.05. The van der Waals surface area contributed by atoms with Gasteiger partial charge in [0.05, 0.1) is 18.1 Å². The summed E-state index contributed by atoms with van der Waals surface area (Å²) in [5.41, 5.74) is 5.81. The van der Waals surface area contributed by atoms with Crippen LogP contribution in [0.4, 0.5) is 0 Å². The first-order chi connectivity index (χ1) is 7.24. The highest BCUT2D eigenvalue weighted by Gasteiger charge is 2.46. The number of hydrogen-bond acceptors (Lipinski definition) is 3. The average Bonchev–Trinajstić information content (AvgIpc) is 2.90. The molecule has 2 N–H and O–H groups in total.